The van der Waals surface area contributed by atoms with E-state index in [1.54, 1.807) is 12.1 Å². The monoisotopic (exact) mass is 571 g/mol. The van der Waals surface area contributed by atoms with Crippen LogP contribution >= 0.6 is 22.9 Å². The lowest BCUT2D eigenvalue weighted by Crippen LogP contribution is -2.56. The number of likely N-dealkylation sites (tertiary alicyclic amines) is 3. The number of sulfonamides is 1. The zero-order chi connectivity index (χ0) is 26.7. The van der Waals surface area contributed by atoms with Crippen LogP contribution < -0.4 is 10.5 Å². The highest BCUT2D eigenvalue weighted by molar-refractivity contribution is 7.92. The molecule has 3 N–H and O–H groups in total. The predicted molar refractivity (Wildman–Crippen MR) is 139 cm³/mol. The minimum absolute atomic E-state index is 0.246. The summed E-state index contributed by atoms with van der Waals surface area (Å²) in [5.74, 6) is -1.70. The van der Waals surface area contributed by atoms with E-state index in [1.165, 1.54) is 32.1 Å². The summed E-state index contributed by atoms with van der Waals surface area (Å²) in [6, 6.07) is 1.00. The second-order valence-electron chi connectivity index (χ2n) is 9.40. The molecule has 14 heteroatoms. The molecule has 0 spiro atoms. The first-order chi connectivity index (χ1) is 17.6. The van der Waals surface area contributed by atoms with E-state index in [1.807, 2.05) is 0 Å². The molecule has 202 valence electrons. The minimum atomic E-state index is -3.91. The molecule has 3 fully saturated rings. The third kappa shape index (κ3) is 6.51. The molecule has 3 aliphatic rings. The zero-order valence-corrected chi connectivity index (χ0v) is 22.6. The Morgan fingerprint density at radius 1 is 1.05 bits per heavy atom. The number of piperidine rings is 1. The van der Waals surface area contributed by atoms with E-state index in [9.17, 15) is 27.6 Å². The standard InChI is InChI=1S/C23H30ClN5O6S2/c24-19-8-7-15(36-19)9-13-37(34,35)26-16-4-1-10-27(22(16)32)14-20(30)28-11-3-6-18(28)23(33)29-12-2-5-17(29)21(25)31/h7-9,13,16-18,26H,1-6,10-12,14H2,(H2,25,31)/b13-9+/t16-,17+,18-/m0/s1. The summed E-state index contributed by atoms with van der Waals surface area (Å²) < 4.78 is 28.0. The lowest BCUT2D eigenvalue weighted by Gasteiger charge is -2.34. The highest BCUT2D eigenvalue weighted by Gasteiger charge is 2.42. The number of carbonyl (C=O) groups is 4. The van der Waals surface area contributed by atoms with Gasteiger partial charge in [0.05, 0.1) is 10.9 Å². The maximum atomic E-state index is 13.2. The number of hydrogen-bond acceptors (Lipinski definition) is 7. The van der Waals surface area contributed by atoms with Crippen molar-refractivity contribution in [3.05, 3.63) is 26.8 Å². The fourth-order valence-electron chi connectivity index (χ4n) is 5.11. The van der Waals surface area contributed by atoms with Crippen LogP contribution in [0, 0.1) is 0 Å². The molecule has 1 aromatic rings. The summed E-state index contributed by atoms with van der Waals surface area (Å²) in [7, 11) is -3.91. The van der Waals surface area contributed by atoms with Crippen LogP contribution in [0.4, 0.5) is 0 Å². The zero-order valence-electron chi connectivity index (χ0n) is 20.2. The molecule has 3 aliphatic heterocycles. The number of primary amides is 1. The van der Waals surface area contributed by atoms with Crippen LogP contribution in [0.25, 0.3) is 6.08 Å². The average molecular weight is 572 g/mol. The molecule has 3 atom stereocenters. The van der Waals surface area contributed by atoms with Gasteiger partial charge in [-0.3, -0.25) is 19.2 Å². The van der Waals surface area contributed by atoms with Gasteiger partial charge in [-0.05, 0) is 56.7 Å². The molecule has 1 aromatic heterocycles. The molecule has 4 heterocycles. The van der Waals surface area contributed by atoms with Crippen LogP contribution in [0.3, 0.4) is 0 Å². The molecule has 3 saturated heterocycles. The third-order valence-electron chi connectivity index (χ3n) is 6.89. The lowest BCUT2D eigenvalue weighted by molar-refractivity contribution is -0.149. The topological polar surface area (TPSA) is 150 Å². The second-order valence-corrected chi connectivity index (χ2v) is 12.7. The van der Waals surface area contributed by atoms with Crippen molar-refractivity contribution in [2.24, 2.45) is 5.73 Å². The van der Waals surface area contributed by atoms with E-state index >= 15 is 0 Å². The molecule has 4 rings (SSSR count). The first kappa shape index (κ1) is 27.6. The maximum Gasteiger partial charge on any atom is 0.246 e. The summed E-state index contributed by atoms with van der Waals surface area (Å²) in [6.45, 7) is 0.865. The summed E-state index contributed by atoms with van der Waals surface area (Å²) in [4.78, 5) is 56.0. The average Bonchev–Trinajstić information content (AvgIpc) is 3.60. The van der Waals surface area contributed by atoms with Gasteiger partial charge in [0.15, 0.2) is 0 Å². The number of thiophene rings is 1. The second kappa shape index (κ2) is 11.5. The number of carbonyl (C=O) groups excluding carboxylic acids is 4. The Morgan fingerprint density at radius 2 is 1.73 bits per heavy atom. The van der Waals surface area contributed by atoms with Crippen molar-refractivity contribution in [1.29, 1.82) is 0 Å². The Labute approximate surface area is 224 Å². The predicted octanol–water partition coefficient (Wildman–Crippen LogP) is 0.750. The fraction of sp³-hybridized carbons (Fsp3) is 0.565. The number of nitrogens with two attached hydrogens (primary N) is 1. The van der Waals surface area contributed by atoms with Gasteiger partial charge >= 0.3 is 0 Å². The Hall–Kier alpha value is -2.48. The Kier molecular flexibility index (Phi) is 8.56. The van der Waals surface area contributed by atoms with Gasteiger partial charge in [-0.25, -0.2) is 8.42 Å². The quantitative estimate of drug-likeness (QED) is 0.470. The largest absolute Gasteiger partial charge is 0.368 e. The van der Waals surface area contributed by atoms with Crippen molar-refractivity contribution in [3.8, 4) is 0 Å². The molecule has 11 nitrogen and oxygen atoms in total. The molecule has 4 amide bonds. The van der Waals surface area contributed by atoms with Gasteiger partial charge in [0.25, 0.3) is 0 Å². The van der Waals surface area contributed by atoms with Crippen LogP contribution in [-0.2, 0) is 29.2 Å². The molecule has 0 unspecified atom stereocenters. The van der Waals surface area contributed by atoms with Gasteiger partial charge in [-0.15, -0.1) is 11.3 Å². The summed E-state index contributed by atoms with van der Waals surface area (Å²) >= 11 is 7.09. The van der Waals surface area contributed by atoms with E-state index in [0.717, 1.165) is 5.41 Å². The molecule has 37 heavy (non-hydrogen) atoms. The smallest absolute Gasteiger partial charge is 0.246 e. The van der Waals surface area contributed by atoms with E-state index < -0.39 is 40.0 Å². The number of hydrogen-bond donors (Lipinski definition) is 2. The van der Waals surface area contributed by atoms with Crippen LogP contribution in [0.15, 0.2) is 17.5 Å². The molecule has 0 saturated carbocycles. The van der Waals surface area contributed by atoms with Gasteiger partial charge in [0.2, 0.25) is 33.7 Å². The summed E-state index contributed by atoms with van der Waals surface area (Å²) in [5, 5.41) is 0.991. The molecular formula is C23H30ClN5O6S2. The number of nitrogens with zero attached hydrogens (tertiary/aromatic N) is 3. The van der Waals surface area contributed by atoms with Gasteiger partial charge in [-0.2, -0.15) is 4.72 Å². The number of nitrogens with one attached hydrogen (secondary N) is 1. The minimum Gasteiger partial charge on any atom is -0.368 e. The van der Waals surface area contributed by atoms with Gasteiger partial charge < -0.3 is 20.4 Å². The molecule has 0 radical (unpaired) electrons. The first-order valence-electron chi connectivity index (χ1n) is 12.2. The SMILES string of the molecule is NC(=O)[C@H]1CCCN1C(=O)[C@@H]1CCCN1C(=O)CN1CCC[C@H](NS(=O)(=O)/C=C/c2ccc(Cl)s2)C1=O. The lowest BCUT2D eigenvalue weighted by atomic mass is 10.1. The van der Waals surface area contributed by atoms with E-state index in [4.69, 9.17) is 17.3 Å². The molecular weight excluding hydrogens is 542 g/mol. The van der Waals surface area contributed by atoms with Crippen LogP contribution in [0.2, 0.25) is 4.34 Å². The van der Waals surface area contributed by atoms with Gasteiger partial charge in [0, 0.05) is 29.9 Å². The highest BCUT2D eigenvalue weighted by atomic mass is 35.5. The third-order valence-corrected chi connectivity index (χ3v) is 9.20. The number of rotatable bonds is 8. The van der Waals surface area contributed by atoms with E-state index in [2.05, 4.69) is 4.72 Å². The number of halogens is 1. The summed E-state index contributed by atoms with van der Waals surface area (Å²) in [6.07, 6.45) is 4.54. The van der Waals surface area contributed by atoms with Gasteiger partial charge in [0.1, 0.15) is 18.1 Å². The Morgan fingerprint density at radius 3 is 2.41 bits per heavy atom. The van der Waals surface area contributed by atoms with Crippen molar-refractivity contribution < 1.29 is 27.6 Å². The van der Waals surface area contributed by atoms with Crippen LogP contribution in [0.1, 0.15) is 43.4 Å². The Bertz CT molecular complexity index is 1200. The summed E-state index contributed by atoms with van der Waals surface area (Å²) in [5.41, 5.74) is 5.45. The first-order valence-corrected chi connectivity index (χ1v) is 14.9. The van der Waals surface area contributed by atoms with E-state index in [-0.39, 0.29) is 18.4 Å². The number of amides is 4. The van der Waals surface area contributed by atoms with Crippen LogP contribution in [-0.4, -0.2) is 91.1 Å². The van der Waals surface area contributed by atoms with Crippen molar-refractivity contribution in [2.45, 2.75) is 56.7 Å². The molecule has 0 bridgehead atoms. The van der Waals surface area contributed by atoms with Crippen molar-refractivity contribution in [1.82, 2.24) is 19.4 Å². The van der Waals surface area contributed by atoms with Crippen molar-refractivity contribution in [3.63, 3.8) is 0 Å². The molecule has 0 aliphatic carbocycles. The van der Waals surface area contributed by atoms with Gasteiger partial charge in [-0.1, -0.05) is 11.6 Å². The molecule has 0 aromatic carbocycles. The van der Waals surface area contributed by atoms with Crippen molar-refractivity contribution >= 4 is 62.7 Å². The normalized spacial score (nSPS) is 24.8. The fourth-order valence-corrected chi connectivity index (χ4v) is 7.18. The highest BCUT2D eigenvalue weighted by Crippen LogP contribution is 2.26. The Balaban J connectivity index is 1.37. The van der Waals surface area contributed by atoms with Crippen molar-refractivity contribution in [2.75, 3.05) is 26.2 Å². The maximum absolute atomic E-state index is 13.2. The van der Waals surface area contributed by atoms with E-state index in [0.29, 0.717) is 67.4 Å². The van der Waals surface area contributed by atoms with Crippen LogP contribution in [0.5, 0.6) is 0 Å².